The van der Waals surface area contributed by atoms with Gasteiger partial charge >= 0.3 is 0 Å². The average molecular weight is 800 g/mol. The SMILES string of the molecule is C[N+](C)(C)CCOP(=O)([O-])OC[C@@H](COCCCCCCCCC1CC2C1C1C3C4CCC4C3C21)OCCCCCCCCC1CCC2C(C1)C1C3CCC3C21. The highest BCUT2D eigenvalue weighted by molar-refractivity contribution is 7.45. The van der Waals surface area contributed by atoms with E-state index in [1.807, 2.05) is 21.1 Å². The minimum absolute atomic E-state index is 0.0527. The quantitative estimate of drug-likeness (QED) is 0.0340. The molecule has 9 saturated carbocycles. The first-order valence-corrected chi connectivity index (χ1v) is 26.2. The first-order chi connectivity index (χ1) is 27.2. The Morgan fingerprint density at radius 2 is 1.09 bits per heavy atom. The molecule has 0 aromatic carbocycles. The number of rotatable bonds is 28. The minimum atomic E-state index is -4.39. The van der Waals surface area contributed by atoms with Gasteiger partial charge in [-0.3, -0.25) is 4.57 Å². The van der Waals surface area contributed by atoms with Gasteiger partial charge in [-0.25, -0.2) is 0 Å². The summed E-state index contributed by atoms with van der Waals surface area (Å²) in [6.45, 7) is 2.31. The van der Waals surface area contributed by atoms with Crippen molar-refractivity contribution in [3.8, 4) is 0 Å². The van der Waals surface area contributed by atoms with Gasteiger partial charge in [-0.05, 0) is 152 Å². The lowest BCUT2D eigenvalue weighted by Gasteiger charge is -2.85. The maximum atomic E-state index is 12.5. The molecular weight excluding hydrogens is 718 g/mol. The van der Waals surface area contributed by atoms with E-state index in [0.29, 0.717) is 30.8 Å². The molecule has 0 aliphatic heterocycles. The monoisotopic (exact) mass is 800 g/mol. The Hall–Kier alpha value is -0.0100. The summed E-state index contributed by atoms with van der Waals surface area (Å²) in [6, 6.07) is 0. The molecule has 0 amide bonds. The molecule has 9 aliphatic carbocycles. The molecule has 320 valence electrons. The molecule has 0 radical (unpaired) electrons. The number of hydrogen-bond donors (Lipinski definition) is 0. The van der Waals surface area contributed by atoms with Crippen LogP contribution in [0.4, 0.5) is 0 Å². The Labute approximate surface area is 342 Å². The van der Waals surface area contributed by atoms with Gasteiger partial charge < -0.3 is 27.9 Å². The van der Waals surface area contributed by atoms with Crippen LogP contribution in [-0.2, 0) is 23.1 Å². The second-order valence-electron chi connectivity index (χ2n) is 22.5. The Morgan fingerprint density at radius 3 is 1.79 bits per heavy atom. The molecule has 56 heavy (non-hydrogen) atoms. The molecule has 0 N–H and O–H groups in total. The van der Waals surface area contributed by atoms with Crippen LogP contribution in [0.2, 0.25) is 0 Å². The molecular formula is C48H82NO6P. The van der Waals surface area contributed by atoms with Crippen LogP contribution in [0, 0.1) is 94.7 Å². The average Bonchev–Trinajstić information content (AvgIpc) is 3.12. The minimum Gasteiger partial charge on any atom is -0.756 e. The first kappa shape index (κ1) is 41.3. The highest BCUT2D eigenvalue weighted by atomic mass is 31.2. The molecule has 0 spiro atoms. The van der Waals surface area contributed by atoms with Crippen molar-refractivity contribution in [1.29, 1.82) is 0 Å². The van der Waals surface area contributed by atoms with Gasteiger partial charge in [0.25, 0.3) is 7.82 Å². The van der Waals surface area contributed by atoms with Gasteiger partial charge in [-0.2, -0.15) is 0 Å². The van der Waals surface area contributed by atoms with E-state index in [4.69, 9.17) is 18.5 Å². The van der Waals surface area contributed by atoms with Gasteiger partial charge in [0.2, 0.25) is 0 Å². The van der Waals surface area contributed by atoms with Gasteiger partial charge in [-0.1, -0.05) is 83.5 Å². The molecule has 0 aromatic rings. The predicted octanol–water partition coefficient (Wildman–Crippen LogP) is 10.2. The summed E-state index contributed by atoms with van der Waals surface area (Å²) in [5, 5.41) is 0. The van der Waals surface area contributed by atoms with Crippen molar-refractivity contribution in [2.75, 3.05) is 60.7 Å². The molecule has 9 aliphatic rings. The summed E-state index contributed by atoms with van der Waals surface area (Å²) in [5.41, 5.74) is 0. The van der Waals surface area contributed by atoms with Crippen LogP contribution in [0.15, 0.2) is 0 Å². The fraction of sp³-hybridized carbons (Fsp3) is 1.00. The lowest BCUT2D eigenvalue weighted by molar-refractivity contribution is -0.870. The lowest BCUT2D eigenvalue weighted by atomic mass is 9.20. The van der Waals surface area contributed by atoms with E-state index in [9.17, 15) is 9.46 Å². The molecule has 17 unspecified atom stereocenters. The number of nitrogens with zero attached hydrogens (tertiary/aromatic N) is 1. The Kier molecular flexibility index (Phi) is 13.1. The number of phosphoric ester groups is 1. The maximum absolute atomic E-state index is 12.5. The van der Waals surface area contributed by atoms with Gasteiger partial charge in [0.15, 0.2) is 0 Å². The van der Waals surface area contributed by atoms with Crippen LogP contribution in [0.1, 0.15) is 141 Å². The highest BCUT2D eigenvalue weighted by Gasteiger charge is 2.79. The van der Waals surface area contributed by atoms with E-state index in [1.165, 1.54) is 124 Å². The fourth-order valence-corrected chi connectivity index (χ4v) is 16.5. The van der Waals surface area contributed by atoms with Crippen molar-refractivity contribution in [1.82, 2.24) is 0 Å². The van der Waals surface area contributed by atoms with Crippen LogP contribution >= 0.6 is 7.82 Å². The molecule has 18 atom stereocenters. The second kappa shape index (κ2) is 17.8. The smallest absolute Gasteiger partial charge is 0.268 e. The Bertz CT molecular complexity index is 1330. The number of fused-ring (bicyclic) bond motifs is 17. The fourth-order valence-electron chi connectivity index (χ4n) is 15.8. The zero-order valence-electron chi connectivity index (χ0n) is 36.0. The molecule has 9 fully saturated rings. The van der Waals surface area contributed by atoms with Crippen molar-refractivity contribution in [3.05, 3.63) is 0 Å². The molecule has 0 saturated heterocycles. The summed E-state index contributed by atoms with van der Waals surface area (Å²) in [4.78, 5) is 12.5. The molecule has 8 heteroatoms. The summed E-state index contributed by atoms with van der Waals surface area (Å²) >= 11 is 0. The summed E-state index contributed by atoms with van der Waals surface area (Å²) in [5.74, 6) is 18.5. The zero-order valence-corrected chi connectivity index (χ0v) is 36.9. The van der Waals surface area contributed by atoms with E-state index in [2.05, 4.69) is 0 Å². The van der Waals surface area contributed by atoms with Gasteiger partial charge in [0.1, 0.15) is 19.3 Å². The zero-order chi connectivity index (χ0) is 38.4. The van der Waals surface area contributed by atoms with Crippen molar-refractivity contribution in [2.24, 2.45) is 94.7 Å². The summed E-state index contributed by atoms with van der Waals surface area (Å²) < 4.78 is 35.8. The normalized spacial score (nSPS) is 43.2. The number of unbranched alkanes of at least 4 members (excludes halogenated alkanes) is 10. The summed E-state index contributed by atoms with van der Waals surface area (Å²) in [7, 11) is 1.65. The number of ether oxygens (including phenoxy) is 2. The molecule has 0 heterocycles. The van der Waals surface area contributed by atoms with Crippen LogP contribution in [0.5, 0.6) is 0 Å². The van der Waals surface area contributed by atoms with Crippen LogP contribution in [-0.4, -0.2) is 71.3 Å². The van der Waals surface area contributed by atoms with Crippen molar-refractivity contribution in [2.45, 2.75) is 147 Å². The maximum Gasteiger partial charge on any atom is 0.268 e. The van der Waals surface area contributed by atoms with Crippen LogP contribution < -0.4 is 4.89 Å². The highest BCUT2D eigenvalue weighted by Crippen LogP contribution is 2.84. The van der Waals surface area contributed by atoms with E-state index in [1.54, 1.807) is 44.9 Å². The third-order valence-electron chi connectivity index (χ3n) is 18.8. The topological polar surface area (TPSA) is 77.1 Å². The third-order valence-corrected chi connectivity index (χ3v) is 19.7. The molecule has 0 aromatic heterocycles. The molecule has 7 nitrogen and oxygen atoms in total. The van der Waals surface area contributed by atoms with Crippen molar-refractivity contribution >= 4 is 7.82 Å². The first-order valence-electron chi connectivity index (χ1n) is 24.8. The summed E-state index contributed by atoms with van der Waals surface area (Å²) in [6.07, 6.45) is 30.2. The van der Waals surface area contributed by atoms with E-state index < -0.39 is 13.9 Å². The number of quaternary nitrogens is 1. The van der Waals surface area contributed by atoms with Gasteiger partial charge in [0, 0.05) is 13.2 Å². The third kappa shape index (κ3) is 8.44. The van der Waals surface area contributed by atoms with Crippen molar-refractivity contribution in [3.63, 3.8) is 0 Å². The second-order valence-corrected chi connectivity index (χ2v) is 23.9. The lowest BCUT2D eigenvalue weighted by Crippen LogP contribution is -2.80. The Balaban J connectivity index is 0.589. The van der Waals surface area contributed by atoms with Gasteiger partial charge in [0.05, 0.1) is 34.4 Å². The standard InChI is InChI=1S/C48H82NO6P/c1-49(2,3)24-27-54-56(50,51)55-31-34(53-26-15-11-7-4-8-12-16-32-18-19-39-40(28-32)44-36-21-20-35(36)43(39)44)30-52-25-14-10-6-5-9-13-17-33-29-41-42(33)48-46-38-23-22-37(38)45(46)47(41)48/h32-48H,4-31H2,1-3H3/t32?,33?,34-,35?,36?,37?,38?,39?,40?,41?,42?,43?,44?,45?,46?,47?,48?/m1/s1. The largest absolute Gasteiger partial charge is 0.756 e. The number of hydrogen-bond acceptors (Lipinski definition) is 6. The van der Waals surface area contributed by atoms with E-state index in [0.717, 1.165) is 66.6 Å². The van der Waals surface area contributed by atoms with Crippen LogP contribution in [0.3, 0.4) is 0 Å². The van der Waals surface area contributed by atoms with Crippen LogP contribution in [0.25, 0.3) is 0 Å². The van der Waals surface area contributed by atoms with Crippen molar-refractivity contribution < 1.29 is 32.5 Å². The number of likely N-dealkylation sites (N-methyl/N-ethyl adjacent to an activating group) is 1. The Morgan fingerprint density at radius 1 is 0.536 bits per heavy atom. The van der Waals surface area contributed by atoms with E-state index >= 15 is 0 Å². The molecule has 9 rings (SSSR count). The van der Waals surface area contributed by atoms with Gasteiger partial charge in [-0.15, -0.1) is 0 Å². The molecule has 0 bridgehead atoms. The van der Waals surface area contributed by atoms with E-state index in [-0.39, 0.29) is 13.2 Å². The number of phosphoric acid groups is 1. The predicted molar refractivity (Wildman–Crippen MR) is 220 cm³/mol.